The summed E-state index contributed by atoms with van der Waals surface area (Å²) in [7, 11) is -2.07. The smallest absolute Gasteiger partial charge is 0.263 e. The normalized spacial score (nSPS) is 22.9. The largest absolute Gasteiger partial charge is 0.367 e. The Hall–Kier alpha value is -0.630. The number of ether oxygens (including phenoxy) is 1. The van der Waals surface area contributed by atoms with Crippen molar-refractivity contribution in [2.45, 2.75) is 43.9 Å². The Kier molecular flexibility index (Phi) is 3.70. The Balaban J connectivity index is 2.42. The second kappa shape index (κ2) is 4.69. The van der Waals surface area contributed by atoms with Crippen LogP contribution in [0.5, 0.6) is 0 Å². The van der Waals surface area contributed by atoms with Gasteiger partial charge in [0.2, 0.25) is 5.03 Å². The van der Waals surface area contributed by atoms with Crippen molar-refractivity contribution in [1.29, 1.82) is 0 Å². The van der Waals surface area contributed by atoms with Crippen LogP contribution >= 0.6 is 11.6 Å². The summed E-state index contributed by atoms with van der Waals surface area (Å²) in [5.41, 5.74) is -1.12. The highest BCUT2D eigenvalue weighted by Crippen LogP contribution is 2.32. The van der Waals surface area contributed by atoms with Crippen molar-refractivity contribution in [3.8, 4) is 0 Å². The molecule has 1 aliphatic heterocycles. The van der Waals surface area contributed by atoms with E-state index < -0.39 is 21.2 Å². The molecule has 20 heavy (non-hydrogen) atoms. The summed E-state index contributed by atoms with van der Waals surface area (Å²) in [6, 6.07) is 0. The fourth-order valence-corrected chi connectivity index (χ4v) is 4.71. The summed E-state index contributed by atoms with van der Waals surface area (Å²) in [6.45, 7) is 8.02. The fraction of sp³-hybridized carbons (Fsp3) is 0.750. The Morgan fingerprint density at radius 3 is 2.15 bits per heavy atom. The molecule has 0 spiro atoms. The van der Waals surface area contributed by atoms with Crippen molar-refractivity contribution in [1.82, 2.24) is 13.9 Å². The van der Waals surface area contributed by atoms with Gasteiger partial charge in [-0.3, -0.25) is 0 Å². The van der Waals surface area contributed by atoms with Gasteiger partial charge in [-0.15, -0.1) is 0 Å². The minimum Gasteiger partial charge on any atom is -0.367 e. The Morgan fingerprint density at radius 1 is 1.25 bits per heavy atom. The maximum Gasteiger partial charge on any atom is 0.263 e. The number of nitrogens with zero attached hydrogens (tertiary/aromatic N) is 3. The topological polar surface area (TPSA) is 64.4 Å². The van der Waals surface area contributed by atoms with Gasteiger partial charge in [0.1, 0.15) is 5.15 Å². The first-order valence-electron chi connectivity index (χ1n) is 6.32. The molecule has 6 nitrogen and oxygen atoms in total. The lowest BCUT2D eigenvalue weighted by atomic mass is 10.0. The van der Waals surface area contributed by atoms with Crippen molar-refractivity contribution in [3.63, 3.8) is 0 Å². The maximum absolute atomic E-state index is 12.7. The number of aromatic nitrogens is 2. The molecule has 1 saturated heterocycles. The van der Waals surface area contributed by atoms with Crippen LogP contribution in [-0.4, -0.2) is 46.6 Å². The van der Waals surface area contributed by atoms with Gasteiger partial charge >= 0.3 is 0 Å². The maximum atomic E-state index is 12.7. The van der Waals surface area contributed by atoms with Gasteiger partial charge in [0, 0.05) is 20.1 Å². The van der Waals surface area contributed by atoms with Gasteiger partial charge in [-0.05, 0) is 27.7 Å². The quantitative estimate of drug-likeness (QED) is 0.831. The fourth-order valence-electron chi connectivity index (χ4n) is 2.58. The monoisotopic (exact) mass is 321 g/mol. The zero-order valence-corrected chi connectivity index (χ0v) is 13.9. The average molecular weight is 322 g/mol. The highest BCUT2D eigenvalue weighted by atomic mass is 35.5. The number of hydrogen-bond donors (Lipinski definition) is 0. The van der Waals surface area contributed by atoms with Crippen molar-refractivity contribution in [3.05, 3.63) is 11.5 Å². The summed E-state index contributed by atoms with van der Waals surface area (Å²) >= 11 is 6.02. The lowest BCUT2D eigenvalue weighted by molar-refractivity contribution is -0.163. The third-order valence-corrected chi connectivity index (χ3v) is 5.37. The van der Waals surface area contributed by atoms with Crippen LogP contribution in [0.4, 0.5) is 0 Å². The molecule has 0 radical (unpaired) electrons. The van der Waals surface area contributed by atoms with Crippen molar-refractivity contribution in [2.75, 3.05) is 13.1 Å². The molecule has 0 atom stereocenters. The molecular weight excluding hydrogens is 302 g/mol. The first-order chi connectivity index (χ1) is 8.95. The van der Waals surface area contributed by atoms with Crippen LogP contribution in [0.25, 0.3) is 0 Å². The van der Waals surface area contributed by atoms with E-state index in [2.05, 4.69) is 4.98 Å². The van der Waals surface area contributed by atoms with Crippen LogP contribution in [0.1, 0.15) is 27.7 Å². The number of aryl methyl sites for hydroxylation is 1. The second-order valence-electron chi connectivity index (χ2n) is 6.35. The van der Waals surface area contributed by atoms with E-state index in [0.717, 1.165) is 0 Å². The summed E-state index contributed by atoms with van der Waals surface area (Å²) in [5, 5.41) is 0.0160. The predicted octanol–water partition coefficient (Wildman–Crippen LogP) is 1.65. The Bertz CT molecular complexity index is 606. The molecule has 8 heteroatoms. The standard InChI is InChI=1S/C12H20ClN3O3S/c1-11(2)6-16(7-12(3,4)19-11)20(17,18)10-9(13)15(5)8-14-10/h8H,6-7H2,1-5H3. The Labute approximate surface area is 124 Å². The number of sulfonamides is 1. The first-order valence-corrected chi connectivity index (χ1v) is 8.14. The number of hydrogen-bond acceptors (Lipinski definition) is 4. The molecule has 0 aliphatic carbocycles. The minimum atomic E-state index is -3.72. The summed E-state index contributed by atoms with van der Waals surface area (Å²) in [4.78, 5) is 3.92. The predicted molar refractivity (Wildman–Crippen MR) is 76.2 cm³/mol. The van der Waals surface area contributed by atoms with Crippen LogP contribution in [0.3, 0.4) is 0 Å². The molecule has 0 saturated carbocycles. The van der Waals surface area contributed by atoms with Crippen molar-refractivity contribution < 1.29 is 13.2 Å². The molecule has 0 amide bonds. The van der Waals surface area contributed by atoms with E-state index in [-0.39, 0.29) is 23.3 Å². The van der Waals surface area contributed by atoms with Crippen LogP contribution in [0.15, 0.2) is 11.4 Å². The number of imidazole rings is 1. The van der Waals surface area contributed by atoms with Gasteiger partial charge in [-0.2, -0.15) is 4.31 Å². The molecule has 2 rings (SSSR count). The average Bonchev–Trinajstić information content (AvgIpc) is 2.55. The minimum absolute atomic E-state index is 0.102. The van der Waals surface area contributed by atoms with E-state index in [9.17, 15) is 8.42 Å². The molecule has 2 heterocycles. The van der Waals surface area contributed by atoms with Gasteiger partial charge in [0.15, 0.2) is 0 Å². The molecule has 1 aromatic rings. The summed E-state index contributed by atoms with van der Waals surface area (Å²) < 4.78 is 34.2. The molecule has 114 valence electrons. The van der Waals surface area contributed by atoms with Gasteiger partial charge in [-0.1, -0.05) is 11.6 Å². The van der Waals surface area contributed by atoms with E-state index in [4.69, 9.17) is 16.3 Å². The van der Waals surface area contributed by atoms with E-state index in [1.807, 2.05) is 27.7 Å². The van der Waals surface area contributed by atoms with Crippen LogP contribution in [-0.2, 0) is 21.8 Å². The summed E-state index contributed by atoms with van der Waals surface area (Å²) in [6.07, 6.45) is 1.39. The van der Waals surface area contributed by atoms with Gasteiger partial charge in [0.25, 0.3) is 10.0 Å². The first kappa shape index (κ1) is 15.8. The third-order valence-electron chi connectivity index (χ3n) is 3.09. The zero-order chi connectivity index (χ0) is 15.3. The lowest BCUT2D eigenvalue weighted by Gasteiger charge is -2.46. The molecule has 0 aromatic carbocycles. The van der Waals surface area contributed by atoms with Gasteiger partial charge in [0.05, 0.1) is 17.5 Å². The van der Waals surface area contributed by atoms with Crippen LogP contribution in [0.2, 0.25) is 5.15 Å². The van der Waals surface area contributed by atoms with Crippen molar-refractivity contribution >= 4 is 21.6 Å². The van der Waals surface area contributed by atoms with Crippen molar-refractivity contribution in [2.24, 2.45) is 7.05 Å². The molecular formula is C12H20ClN3O3S. The molecule has 1 aromatic heterocycles. The zero-order valence-electron chi connectivity index (χ0n) is 12.3. The molecule has 0 bridgehead atoms. The van der Waals surface area contributed by atoms with Gasteiger partial charge < -0.3 is 9.30 Å². The molecule has 0 N–H and O–H groups in total. The molecule has 1 fully saturated rings. The third kappa shape index (κ3) is 2.86. The molecule has 0 unspecified atom stereocenters. The lowest BCUT2D eigenvalue weighted by Crippen LogP contribution is -2.58. The van der Waals surface area contributed by atoms with Crippen LogP contribution < -0.4 is 0 Å². The van der Waals surface area contributed by atoms with E-state index in [1.165, 1.54) is 15.2 Å². The SMILES string of the molecule is Cn1cnc(S(=O)(=O)N2CC(C)(C)OC(C)(C)C2)c1Cl. The molecule has 1 aliphatic rings. The highest BCUT2D eigenvalue weighted by Gasteiger charge is 2.44. The summed E-state index contributed by atoms with van der Waals surface area (Å²) in [5.74, 6) is 0. The van der Waals surface area contributed by atoms with E-state index in [0.29, 0.717) is 0 Å². The Morgan fingerprint density at radius 2 is 1.75 bits per heavy atom. The van der Waals surface area contributed by atoms with E-state index >= 15 is 0 Å². The number of halogens is 1. The van der Waals surface area contributed by atoms with Gasteiger partial charge in [-0.25, -0.2) is 13.4 Å². The second-order valence-corrected chi connectivity index (χ2v) is 8.56. The number of rotatable bonds is 2. The highest BCUT2D eigenvalue weighted by molar-refractivity contribution is 7.89. The number of morpholine rings is 1. The van der Waals surface area contributed by atoms with E-state index in [1.54, 1.807) is 7.05 Å². The van der Waals surface area contributed by atoms with Crippen LogP contribution in [0, 0.1) is 0 Å².